The summed E-state index contributed by atoms with van der Waals surface area (Å²) in [7, 11) is 7.93. The summed E-state index contributed by atoms with van der Waals surface area (Å²) >= 11 is 0. The molecule has 1 saturated carbocycles. The van der Waals surface area contributed by atoms with Gasteiger partial charge in [0.1, 0.15) is 5.82 Å². The van der Waals surface area contributed by atoms with Crippen LogP contribution in [0.2, 0.25) is 0 Å². The highest BCUT2D eigenvalue weighted by Gasteiger charge is 2.23. The van der Waals surface area contributed by atoms with Crippen LogP contribution in [0.5, 0.6) is 0 Å². The van der Waals surface area contributed by atoms with Crippen LogP contribution in [0.4, 0.5) is 17.5 Å². The Bertz CT molecular complexity index is 843. The second-order valence-corrected chi connectivity index (χ2v) is 8.21. The Kier molecular flexibility index (Phi) is 6.56. The second-order valence-electron chi connectivity index (χ2n) is 8.21. The van der Waals surface area contributed by atoms with E-state index in [0.29, 0.717) is 17.6 Å². The van der Waals surface area contributed by atoms with Crippen molar-refractivity contribution in [3.63, 3.8) is 0 Å². The molecule has 1 aromatic heterocycles. The Morgan fingerprint density at radius 3 is 2.38 bits per heavy atom. The first-order valence-electron chi connectivity index (χ1n) is 10.2. The molecule has 3 rings (SSSR count). The average Bonchev–Trinajstić information content (AvgIpc) is 2.70. The van der Waals surface area contributed by atoms with Gasteiger partial charge in [-0.2, -0.15) is 4.98 Å². The number of rotatable bonds is 6. The van der Waals surface area contributed by atoms with Gasteiger partial charge < -0.3 is 20.4 Å². The van der Waals surface area contributed by atoms with Crippen LogP contribution < -0.4 is 20.4 Å². The predicted molar refractivity (Wildman–Crippen MR) is 119 cm³/mol. The van der Waals surface area contributed by atoms with Crippen molar-refractivity contribution in [2.75, 3.05) is 43.3 Å². The maximum Gasteiger partial charge on any atom is 0.251 e. The van der Waals surface area contributed by atoms with E-state index >= 15 is 0 Å². The average molecular weight is 397 g/mol. The Hall–Kier alpha value is -2.83. The van der Waals surface area contributed by atoms with Crippen LogP contribution in [0, 0.1) is 6.92 Å². The van der Waals surface area contributed by atoms with E-state index in [9.17, 15) is 4.79 Å². The number of nitrogens with zero attached hydrogens (tertiary/aromatic N) is 4. The molecular formula is C22H32N6O. The first kappa shape index (κ1) is 20.9. The minimum atomic E-state index is 0.00241. The van der Waals surface area contributed by atoms with Crippen LogP contribution >= 0.6 is 0 Å². The van der Waals surface area contributed by atoms with E-state index in [-0.39, 0.29) is 11.9 Å². The van der Waals surface area contributed by atoms with E-state index in [2.05, 4.69) is 20.6 Å². The maximum atomic E-state index is 12.6. The van der Waals surface area contributed by atoms with E-state index in [0.717, 1.165) is 42.8 Å². The lowest BCUT2D eigenvalue weighted by molar-refractivity contribution is 0.0926. The Labute approximate surface area is 173 Å². The fraction of sp³-hybridized carbons (Fsp3) is 0.500. The molecule has 1 fully saturated rings. The molecule has 1 heterocycles. The zero-order valence-electron chi connectivity index (χ0n) is 18.1. The van der Waals surface area contributed by atoms with Crippen molar-refractivity contribution in [2.45, 2.75) is 44.7 Å². The van der Waals surface area contributed by atoms with Crippen molar-refractivity contribution >= 4 is 23.4 Å². The monoisotopic (exact) mass is 396 g/mol. The minimum absolute atomic E-state index is 0.00241. The van der Waals surface area contributed by atoms with E-state index in [1.54, 1.807) is 0 Å². The topological polar surface area (TPSA) is 73.4 Å². The van der Waals surface area contributed by atoms with Crippen LogP contribution in [0.25, 0.3) is 0 Å². The molecule has 7 heteroatoms. The van der Waals surface area contributed by atoms with E-state index < -0.39 is 0 Å². The number of benzene rings is 1. The molecule has 0 bridgehead atoms. The summed E-state index contributed by atoms with van der Waals surface area (Å²) in [4.78, 5) is 25.7. The number of hydrogen-bond donors (Lipinski definition) is 2. The Balaban J connectivity index is 1.52. The lowest BCUT2D eigenvalue weighted by Gasteiger charge is -2.30. The molecule has 0 spiro atoms. The summed E-state index contributed by atoms with van der Waals surface area (Å²) in [5.74, 6) is 1.61. The van der Waals surface area contributed by atoms with E-state index in [1.807, 2.05) is 75.4 Å². The minimum Gasteiger partial charge on any atom is -0.378 e. The number of nitrogens with one attached hydrogen (secondary N) is 2. The second kappa shape index (κ2) is 9.11. The van der Waals surface area contributed by atoms with Crippen LogP contribution in [-0.2, 0) is 0 Å². The molecule has 1 amide bonds. The van der Waals surface area contributed by atoms with Crippen LogP contribution in [0.3, 0.4) is 0 Å². The zero-order valence-corrected chi connectivity index (χ0v) is 18.1. The molecule has 0 saturated heterocycles. The third-order valence-corrected chi connectivity index (χ3v) is 5.39. The van der Waals surface area contributed by atoms with Crippen molar-refractivity contribution in [1.29, 1.82) is 0 Å². The highest BCUT2D eigenvalue weighted by Crippen LogP contribution is 2.23. The van der Waals surface area contributed by atoms with Crippen molar-refractivity contribution in [3.05, 3.63) is 41.6 Å². The van der Waals surface area contributed by atoms with Gasteiger partial charge >= 0.3 is 0 Å². The quantitative estimate of drug-likeness (QED) is 0.782. The summed E-state index contributed by atoms with van der Waals surface area (Å²) in [6.45, 7) is 2.02. The van der Waals surface area contributed by atoms with Gasteiger partial charge in [0.2, 0.25) is 5.95 Å². The highest BCUT2D eigenvalue weighted by molar-refractivity contribution is 5.95. The number of aryl methyl sites for hydroxylation is 1. The number of carbonyl (C=O) groups is 1. The first-order chi connectivity index (χ1) is 13.8. The van der Waals surface area contributed by atoms with Gasteiger partial charge in [0.25, 0.3) is 5.91 Å². The van der Waals surface area contributed by atoms with Gasteiger partial charge in [-0.25, -0.2) is 4.98 Å². The molecule has 2 aromatic rings. The van der Waals surface area contributed by atoms with Gasteiger partial charge in [-0.3, -0.25) is 4.79 Å². The zero-order chi connectivity index (χ0) is 21.0. The maximum absolute atomic E-state index is 12.6. The van der Waals surface area contributed by atoms with Gasteiger partial charge in [0, 0.05) is 63.3 Å². The van der Waals surface area contributed by atoms with E-state index in [1.165, 1.54) is 0 Å². The summed E-state index contributed by atoms with van der Waals surface area (Å²) in [6.07, 6.45) is 5.72. The first-order valence-corrected chi connectivity index (χ1v) is 10.2. The van der Waals surface area contributed by atoms with E-state index in [4.69, 9.17) is 0 Å². The molecule has 156 valence electrons. The Morgan fingerprint density at radius 2 is 1.72 bits per heavy atom. The van der Waals surface area contributed by atoms with Crippen molar-refractivity contribution in [3.8, 4) is 0 Å². The molecule has 1 aromatic carbocycles. The molecule has 7 nitrogen and oxygen atoms in total. The van der Waals surface area contributed by atoms with Crippen LogP contribution in [0.15, 0.2) is 30.5 Å². The lowest BCUT2D eigenvalue weighted by Crippen LogP contribution is -2.40. The number of aromatic nitrogens is 2. The van der Waals surface area contributed by atoms with Crippen LogP contribution in [-0.4, -0.2) is 56.1 Å². The molecule has 0 unspecified atom stereocenters. The van der Waals surface area contributed by atoms with Gasteiger partial charge in [-0.15, -0.1) is 0 Å². The lowest BCUT2D eigenvalue weighted by atomic mass is 9.91. The van der Waals surface area contributed by atoms with Crippen molar-refractivity contribution in [1.82, 2.24) is 15.3 Å². The number of amides is 1. The molecule has 0 atom stereocenters. The smallest absolute Gasteiger partial charge is 0.251 e. The number of carbonyl (C=O) groups excluding carboxylic acids is 1. The fourth-order valence-electron chi connectivity index (χ4n) is 3.71. The predicted octanol–water partition coefficient (Wildman–Crippen LogP) is 3.07. The molecule has 0 radical (unpaired) electrons. The molecule has 2 N–H and O–H groups in total. The molecule has 29 heavy (non-hydrogen) atoms. The summed E-state index contributed by atoms with van der Waals surface area (Å²) in [6, 6.07) is 8.27. The van der Waals surface area contributed by atoms with Crippen molar-refractivity contribution < 1.29 is 4.79 Å². The Morgan fingerprint density at radius 1 is 1.03 bits per heavy atom. The summed E-state index contributed by atoms with van der Waals surface area (Å²) in [5.41, 5.74) is 2.80. The third kappa shape index (κ3) is 5.37. The SMILES string of the molecule is Cc1cnc(NC2CCC(NC(=O)c3cccc(N(C)C)c3)CC2)nc1N(C)C. The van der Waals surface area contributed by atoms with Crippen LogP contribution in [0.1, 0.15) is 41.6 Å². The third-order valence-electron chi connectivity index (χ3n) is 5.39. The fourth-order valence-corrected chi connectivity index (χ4v) is 3.71. The summed E-state index contributed by atoms with van der Waals surface area (Å²) in [5, 5.41) is 6.66. The van der Waals surface area contributed by atoms with Gasteiger partial charge in [0.15, 0.2) is 0 Å². The number of anilines is 3. The van der Waals surface area contributed by atoms with Gasteiger partial charge in [0.05, 0.1) is 0 Å². The molecule has 0 aliphatic heterocycles. The normalized spacial score (nSPS) is 18.8. The molecule has 1 aliphatic carbocycles. The largest absolute Gasteiger partial charge is 0.378 e. The van der Waals surface area contributed by atoms with Gasteiger partial charge in [-0.05, 0) is 50.8 Å². The summed E-state index contributed by atoms with van der Waals surface area (Å²) < 4.78 is 0. The number of hydrogen-bond acceptors (Lipinski definition) is 6. The standard InChI is InChI=1S/C22H32N6O/c1-15-14-23-22(26-20(15)28(4)5)25-18-11-9-17(10-12-18)24-21(29)16-7-6-8-19(13-16)27(2)3/h6-8,13-14,17-18H,9-12H2,1-5H3,(H,24,29)(H,23,25,26). The highest BCUT2D eigenvalue weighted by atomic mass is 16.1. The van der Waals surface area contributed by atoms with Gasteiger partial charge in [-0.1, -0.05) is 6.07 Å². The van der Waals surface area contributed by atoms with Crippen molar-refractivity contribution in [2.24, 2.45) is 0 Å². The molecular weight excluding hydrogens is 364 g/mol. The molecule has 1 aliphatic rings.